The molecule has 4 nitrogen and oxygen atoms in total. The van der Waals surface area contributed by atoms with Gasteiger partial charge >= 0.3 is 0 Å². The fraction of sp³-hybridized carbons (Fsp3) is 0.500. The minimum Gasteiger partial charge on any atom is -0.391 e. The number of hydrogen-bond donors (Lipinski definition) is 2. The van der Waals surface area contributed by atoms with Crippen LogP contribution in [0.2, 0.25) is 0 Å². The molecule has 0 aliphatic rings. The fourth-order valence-corrected chi connectivity index (χ4v) is 0.924. The smallest absolute Gasteiger partial charge is 0.132 e. The van der Waals surface area contributed by atoms with Gasteiger partial charge in [0, 0.05) is 18.2 Å². The predicted octanol–water partition coefficient (Wildman–Crippen LogP) is 0.504. The molecule has 4 heteroatoms. The van der Waals surface area contributed by atoms with Crippen molar-refractivity contribution in [3.05, 3.63) is 17.6 Å². The highest BCUT2D eigenvalue weighted by Gasteiger charge is 2.01. The molecule has 1 aromatic heterocycles. The molecule has 1 heterocycles. The highest BCUT2D eigenvalue weighted by atomic mass is 16.3. The Morgan fingerprint density at radius 3 is 2.83 bits per heavy atom. The standard InChI is InChI=1S/C8H13N3O/c1-2-3-7-10-4-6(5-12)8(9)11-7/h4,12H,2-3,5H2,1H3,(H2,9,10,11). The molecule has 0 aliphatic carbocycles. The van der Waals surface area contributed by atoms with Crippen LogP contribution < -0.4 is 5.73 Å². The molecule has 3 N–H and O–H groups in total. The highest BCUT2D eigenvalue weighted by Crippen LogP contribution is 2.07. The molecule has 0 atom stereocenters. The summed E-state index contributed by atoms with van der Waals surface area (Å²) in [4.78, 5) is 8.09. The minimum absolute atomic E-state index is 0.0990. The SMILES string of the molecule is CCCc1ncc(CO)c(N)n1. The number of aromatic nitrogens is 2. The van der Waals surface area contributed by atoms with E-state index < -0.39 is 0 Å². The average molecular weight is 167 g/mol. The van der Waals surface area contributed by atoms with Crippen LogP contribution in [0.25, 0.3) is 0 Å². The van der Waals surface area contributed by atoms with Crippen molar-refractivity contribution < 1.29 is 5.11 Å². The zero-order chi connectivity index (χ0) is 8.97. The lowest BCUT2D eigenvalue weighted by molar-refractivity contribution is 0.281. The van der Waals surface area contributed by atoms with Gasteiger partial charge in [0.15, 0.2) is 0 Å². The molecule has 0 amide bonds. The summed E-state index contributed by atoms with van der Waals surface area (Å²) in [6.07, 6.45) is 3.40. The van der Waals surface area contributed by atoms with E-state index in [9.17, 15) is 0 Å². The summed E-state index contributed by atoms with van der Waals surface area (Å²) in [7, 11) is 0. The van der Waals surface area contributed by atoms with Crippen molar-refractivity contribution in [2.75, 3.05) is 5.73 Å². The number of aliphatic hydroxyl groups excluding tert-OH is 1. The molecular weight excluding hydrogens is 154 g/mol. The lowest BCUT2D eigenvalue weighted by Crippen LogP contribution is -2.03. The number of nitrogens with zero attached hydrogens (tertiary/aromatic N) is 2. The minimum atomic E-state index is -0.0990. The molecule has 0 aromatic carbocycles. The van der Waals surface area contributed by atoms with Crippen LogP contribution in [0.3, 0.4) is 0 Å². The summed E-state index contributed by atoms with van der Waals surface area (Å²) in [5.74, 6) is 1.13. The Morgan fingerprint density at radius 1 is 1.58 bits per heavy atom. The van der Waals surface area contributed by atoms with Gasteiger partial charge in [-0.2, -0.15) is 0 Å². The zero-order valence-corrected chi connectivity index (χ0v) is 7.12. The van der Waals surface area contributed by atoms with Crippen molar-refractivity contribution in [3.8, 4) is 0 Å². The Kier molecular flexibility index (Phi) is 2.99. The van der Waals surface area contributed by atoms with E-state index in [4.69, 9.17) is 10.8 Å². The lowest BCUT2D eigenvalue weighted by Gasteiger charge is -2.02. The first kappa shape index (κ1) is 8.93. The van der Waals surface area contributed by atoms with Crippen molar-refractivity contribution in [2.24, 2.45) is 0 Å². The topological polar surface area (TPSA) is 72.0 Å². The number of hydrogen-bond acceptors (Lipinski definition) is 4. The second kappa shape index (κ2) is 4.01. The van der Waals surface area contributed by atoms with E-state index in [1.807, 2.05) is 0 Å². The van der Waals surface area contributed by atoms with Crippen LogP contribution in [-0.2, 0) is 13.0 Å². The second-order valence-corrected chi connectivity index (χ2v) is 2.60. The molecule has 0 saturated carbocycles. The second-order valence-electron chi connectivity index (χ2n) is 2.60. The first-order valence-corrected chi connectivity index (χ1v) is 3.99. The van der Waals surface area contributed by atoms with E-state index in [2.05, 4.69) is 16.9 Å². The zero-order valence-electron chi connectivity index (χ0n) is 7.12. The first-order chi connectivity index (χ1) is 5.77. The third kappa shape index (κ3) is 1.92. The molecule has 1 rings (SSSR count). The fourth-order valence-electron chi connectivity index (χ4n) is 0.924. The average Bonchev–Trinajstić information content (AvgIpc) is 2.05. The number of aliphatic hydroxyl groups is 1. The van der Waals surface area contributed by atoms with Crippen molar-refractivity contribution in [2.45, 2.75) is 26.4 Å². The van der Waals surface area contributed by atoms with Crippen LogP contribution in [0, 0.1) is 0 Å². The Bertz CT molecular complexity index is 262. The van der Waals surface area contributed by atoms with E-state index in [1.165, 1.54) is 0 Å². The molecule has 0 saturated heterocycles. The molecule has 0 fully saturated rings. The molecule has 1 aromatic rings. The summed E-state index contributed by atoms with van der Waals surface area (Å²) in [5.41, 5.74) is 6.14. The van der Waals surface area contributed by atoms with Crippen molar-refractivity contribution >= 4 is 5.82 Å². The third-order valence-corrected chi connectivity index (χ3v) is 1.59. The van der Waals surface area contributed by atoms with Gasteiger partial charge in [0.1, 0.15) is 11.6 Å². The molecule has 0 spiro atoms. The van der Waals surface area contributed by atoms with Crippen LogP contribution in [0.1, 0.15) is 24.7 Å². The summed E-state index contributed by atoms with van der Waals surface area (Å²) in [6.45, 7) is 1.96. The van der Waals surface area contributed by atoms with Gasteiger partial charge in [-0.15, -0.1) is 0 Å². The maximum atomic E-state index is 8.78. The van der Waals surface area contributed by atoms with Crippen molar-refractivity contribution in [3.63, 3.8) is 0 Å². The number of anilines is 1. The normalized spacial score (nSPS) is 10.2. The molecule has 0 aliphatic heterocycles. The Balaban J connectivity index is 2.86. The van der Waals surface area contributed by atoms with Gasteiger partial charge in [-0.1, -0.05) is 6.92 Å². The third-order valence-electron chi connectivity index (χ3n) is 1.59. The van der Waals surface area contributed by atoms with Gasteiger partial charge in [0.25, 0.3) is 0 Å². The van der Waals surface area contributed by atoms with Gasteiger partial charge in [0.05, 0.1) is 6.61 Å². The maximum absolute atomic E-state index is 8.78. The van der Waals surface area contributed by atoms with E-state index in [1.54, 1.807) is 6.20 Å². The molecule has 0 bridgehead atoms. The van der Waals surface area contributed by atoms with E-state index >= 15 is 0 Å². The number of nitrogen functional groups attached to an aromatic ring is 1. The largest absolute Gasteiger partial charge is 0.391 e. The Labute approximate surface area is 71.5 Å². The lowest BCUT2D eigenvalue weighted by atomic mass is 10.3. The van der Waals surface area contributed by atoms with Crippen LogP contribution in [0.4, 0.5) is 5.82 Å². The number of nitrogens with two attached hydrogens (primary N) is 1. The predicted molar refractivity (Wildman–Crippen MR) is 46.4 cm³/mol. The van der Waals surface area contributed by atoms with Gasteiger partial charge < -0.3 is 10.8 Å². The van der Waals surface area contributed by atoms with Gasteiger partial charge in [-0.3, -0.25) is 0 Å². The summed E-state index contributed by atoms with van der Waals surface area (Å²) in [5, 5.41) is 8.78. The molecular formula is C8H13N3O. The summed E-state index contributed by atoms with van der Waals surface area (Å²) < 4.78 is 0. The highest BCUT2D eigenvalue weighted by molar-refractivity contribution is 5.36. The monoisotopic (exact) mass is 167 g/mol. The van der Waals surface area contributed by atoms with Crippen LogP contribution in [0.15, 0.2) is 6.20 Å². The van der Waals surface area contributed by atoms with Gasteiger partial charge in [-0.05, 0) is 6.42 Å². The van der Waals surface area contributed by atoms with Crippen LogP contribution >= 0.6 is 0 Å². The molecule has 12 heavy (non-hydrogen) atoms. The quantitative estimate of drug-likeness (QED) is 0.687. The number of aryl methyl sites for hydroxylation is 1. The van der Waals surface area contributed by atoms with Crippen molar-refractivity contribution in [1.29, 1.82) is 0 Å². The molecule has 0 unspecified atom stereocenters. The van der Waals surface area contributed by atoms with Crippen LogP contribution in [-0.4, -0.2) is 15.1 Å². The van der Waals surface area contributed by atoms with E-state index in [0.717, 1.165) is 18.7 Å². The van der Waals surface area contributed by atoms with Gasteiger partial charge in [0.2, 0.25) is 0 Å². The Morgan fingerprint density at radius 2 is 2.33 bits per heavy atom. The molecule has 0 radical (unpaired) electrons. The molecule has 66 valence electrons. The first-order valence-electron chi connectivity index (χ1n) is 3.99. The van der Waals surface area contributed by atoms with E-state index in [0.29, 0.717) is 11.4 Å². The number of rotatable bonds is 3. The maximum Gasteiger partial charge on any atom is 0.132 e. The Hall–Kier alpha value is -1.16. The van der Waals surface area contributed by atoms with E-state index in [-0.39, 0.29) is 6.61 Å². The van der Waals surface area contributed by atoms with Gasteiger partial charge in [-0.25, -0.2) is 9.97 Å². The van der Waals surface area contributed by atoms with Crippen LogP contribution in [0.5, 0.6) is 0 Å². The summed E-state index contributed by atoms with van der Waals surface area (Å²) in [6, 6.07) is 0. The summed E-state index contributed by atoms with van der Waals surface area (Å²) >= 11 is 0. The van der Waals surface area contributed by atoms with Crippen molar-refractivity contribution in [1.82, 2.24) is 9.97 Å².